The summed E-state index contributed by atoms with van der Waals surface area (Å²) in [6.07, 6.45) is 0.606. The molecule has 31 heavy (non-hydrogen) atoms. The van der Waals surface area contributed by atoms with Gasteiger partial charge in [-0.25, -0.2) is 0 Å². The van der Waals surface area contributed by atoms with Crippen LogP contribution in [0.4, 0.5) is 0 Å². The number of pyridine rings is 1. The molecular formula is C25H21Cl2NO3. The number of aromatic nitrogens is 1. The van der Waals surface area contributed by atoms with E-state index >= 15 is 0 Å². The Bertz CT molecular complexity index is 1260. The zero-order chi connectivity index (χ0) is 22.0. The van der Waals surface area contributed by atoms with Gasteiger partial charge in [-0.15, -0.1) is 0 Å². The van der Waals surface area contributed by atoms with E-state index in [1.807, 2.05) is 54.6 Å². The van der Waals surface area contributed by atoms with Crippen LogP contribution >= 0.6 is 23.2 Å². The molecule has 0 radical (unpaired) electrons. The maximum absolute atomic E-state index is 6.29. The lowest BCUT2D eigenvalue weighted by molar-refractivity contribution is 0.327. The van der Waals surface area contributed by atoms with Crippen molar-refractivity contribution < 1.29 is 14.2 Å². The summed E-state index contributed by atoms with van der Waals surface area (Å²) in [7, 11) is 4.79. The van der Waals surface area contributed by atoms with E-state index in [2.05, 4.69) is 6.07 Å². The van der Waals surface area contributed by atoms with Crippen LogP contribution in [0.5, 0.6) is 17.2 Å². The molecule has 0 bridgehead atoms. The van der Waals surface area contributed by atoms with E-state index in [-0.39, 0.29) is 0 Å². The molecule has 0 unspecified atom stereocenters. The highest BCUT2D eigenvalue weighted by Crippen LogP contribution is 2.44. The summed E-state index contributed by atoms with van der Waals surface area (Å²) in [5.41, 5.74) is 4.63. The first kappa shape index (κ1) is 21.3. The number of hydrogen-bond donors (Lipinski definition) is 0. The largest absolute Gasteiger partial charge is 0.493 e. The highest BCUT2D eigenvalue weighted by Gasteiger charge is 2.20. The van der Waals surface area contributed by atoms with Gasteiger partial charge >= 0.3 is 0 Å². The van der Waals surface area contributed by atoms with Gasteiger partial charge in [0, 0.05) is 33.5 Å². The van der Waals surface area contributed by atoms with Crippen LogP contribution in [0.1, 0.15) is 11.3 Å². The number of ether oxygens (including phenoxy) is 3. The minimum Gasteiger partial charge on any atom is -0.493 e. The first-order valence-electron chi connectivity index (χ1n) is 9.67. The van der Waals surface area contributed by atoms with Gasteiger partial charge in [-0.1, -0.05) is 47.5 Å². The molecule has 4 nitrogen and oxygen atoms in total. The number of halogens is 2. The Morgan fingerprint density at radius 3 is 2.13 bits per heavy atom. The van der Waals surface area contributed by atoms with Crippen LogP contribution < -0.4 is 14.2 Å². The van der Waals surface area contributed by atoms with E-state index in [0.717, 1.165) is 33.3 Å². The van der Waals surface area contributed by atoms with E-state index < -0.39 is 0 Å². The molecule has 0 fully saturated rings. The lowest BCUT2D eigenvalue weighted by Gasteiger charge is -2.17. The highest BCUT2D eigenvalue weighted by molar-refractivity contribution is 6.31. The zero-order valence-corrected chi connectivity index (χ0v) is 18.9. The van der Waals surface area contributed by atoms with Crippen molar-refractivity contribution in [1.82, 2.24) is 4.98 Å². The van der Waals surface area contributed by atoms with Crippen molar-refractivity contribution in [3.63, 3.8) is 0 Å². The summed E-state index contributed by atoms with van der Waals surface area (Å²) in [6.45, 7) is 0. The average molecular weight is 454 g/mol. The monoisotopic (exact) mass is 453 g/mol. The lowest BCUT2D eigenvalue weighted by Crippen LogP contribution is -2.01. The van der Waals surface area contributed by atoms with Gasteiger partial charge in [-0.3, -0.25) is 4.98 Å². The number of nitrogens with zero attached hydrogens (tertiary/aromatic N) is 1. The first-order valence-corrected chi connectivity index (χ1v) is 10.4. The topological polar surface area (TPSA) is 40.6 Å². The normalized spacial score (nSPS) is 10.9. The summed E-state index contributed by atoms with van der Waals surface area (Å²) in [5, 5.41) is 2.17. The number of rotatable bonds is 6. The summed E-state index contributed by atoms with van der Waals surface area (Å²) in [5.74, 6) is 1.66. The van der Waals surface area contributed by atoms with Crippen LogP contribution in [0.2, 0.25) is 10.0 Å². The second-order valence-electron chi connectivity index (χ2n) is 7.01. The number of methoxy groups -OCH3 is 3. The van der Waals surface area contributed by atoms with Gasteiger partial charge in [0.05, 0.1) is 32.5 Å². The molecule has 158 valence electrons. The number of hydrogen-bond acceptors (Lipinski definition) is 4. The molecule has 0 amide bonds. The van der Waals surface area contributed by atoms with Crippen LogP contribution in [0.3, 0.4) is 0 Å². The molecule has 0 saturated heterocycles. The smallest absolute Gasteiger partial charge is 0.204 e. The second kappa shape index (κ2) is 9.04. The molecule has 0 N–H and O–H groups in total. The van der Waals surface area contributed by atoms with E-state index in [0.29, 0.717) is 33.7 Å². The van der Waals surface area contributed by atoms with Crippen LogP contribution in [-0.4, -0.2) is 26.3 Å². The summed E-state index contributed by atoms with van der Waals surface area (Å²) < 4.78 is 16.8. The van der Waals surface area contributed by atoms with Crippen LogP contribution in [0, 0.1) is 0 Å². The van der Waals surface area contributed by atoms with Gasteiger partial charge in [0.1, 0.15) is 0 Å². The molecule has 1 aromatic heterocycles. The van der Waals surface area contributed by atoms with Crippen LogP contribution in [0.15, 0.2) is 60.7 Å². The maximum atomic E-state index is 6.29. The van der Waals surface area contributed by atoms with Crippen molar-refractivity contribution >= 4 is 34.1 Å². The lowest BCUT2D eigenvalue weighted by atomic mass is 9.97. The predicted octanol–water partition coefficient (Wildman–Crippen LogP) is 6.83. The highest BCUT2D eigenvalue weighted by atomic mass is 35.5. The van der Waals surface area contributed by atoms with Crippen molar-refractivity contribution in [2.75, 3.05) is 21.3 Å². The van der Waals surface area contributed by atoms with Gasteiger partial charge in [-0.05, 0) is 41.5 Å². The van der Waals surface area contributed by atoms with Crippen LogP contribution in [0.25, 0.3) is 22.0 Å². The minimum atomic E-state index is 0.527. The van der Waals surface area contributed by atoms with Gasteiger partial charge in [0.2, 0.25) is 5.75 Å². The van der Waals surface area contributed by atoms with Gasteiger partial charge in [0.25, 0.3) is 0 Å². The molecule has 4 aromatic rings. The Labute approximate surface area is 191 Å². The van der Waals surface area contributed by atoms with Crippen molar-refractivity contribution in [3.05, 3.63) is 82.0 Å². The van der Waals surface area contributed by atoms with Crippen molar-refractivity contribution in [2.24, 2.45) is 0 Å². The third kappa shape index (κ3) is 4.27. The Morgan fingerprint density at radius 1 is 0.774 bits per heavy atom. The fourth-order valence-corrected chi connectivity index (χ4v) is 4.11. The summed E-state index contributed by atoms with van der Waals surface area (Å²) >= 11 is 12.5. The molecule has 0 aliphatic heterocycles. The Hall–Kier alpha value is -2.95. The molecule has 0 spiro atoms. The fraction of sp³-hybridized carbons (Fsp3) is 0.160. The molecule has 0 saturated carbocycles. The molecular weight excluding hydrogens is 433 g/mol. The number of fused-ring (bicyclic) bond motifs is 1. The quantitative estimate of drug-likeness (QED) is 0.320. The van der Waals surface area contributed by atoms with Crippen LogP contribution in [-0.2, 0) is 6.42 Å². The SMILES string of the molecule is COc1cc2nc(Cc3cccc(Cl)c3)c(-c3cccc(Cl)c3)cc2c(OC)c1OC. The molecule has 0 atom stereocenters. The second-order valence-corrected chi connectivity index (χ2v) is 7.88. The fourth-order valence-electron chi connectivity index (χ4n) is 3.71. The molecule has 0 aliphatic carbocycles. The van der Waals surface area contributed by atoms with Crippen molar-refractivity contribution in [3.8, 4) is 28.4 Å². The Balaban J connectivity index is 2.00. The maximum Gasteiger partial charge on any atom is 0.204 e. The summed E-state index contributed by atoms with van der Waals surface area (Å²) in [6, 6.07) is 19.4. The van der Waals surface area contributed by atoms with E-state index in [4.69, 9.17) is 42.4 Å². The molecule has 4 rings (SSSR count). The van der Waals surface area contributed by atoms with Gasteiger partial charge < -0.3 is 14.2 Å². The Kier molecular flexibility index (Phi) is 6.21. The number of benzene rings is 3. The molecule has 1 heterocycles. The van der Waals surface area contributed by atoms with E-state index in [1.54, 1.807) is 21.3 Å². The van der Waals surface area contributed by atoms with Gasteiger partial charge in [-0.2, -0.15) is 0 Å². The molecule has 3 aromatic carbocycles. The zero-order valence-electron chi connectivity index (χ0n) is 17.4. The van der Waals surface area contributed by atoms with Crippen molar-refractivity contribution in [1.29, 1.82) is 0 Å². The first-order chi connectivity index (χ1) is 15.0. The van der Waals surface area contributed by atoms with Crippen molar-refractivity contribution in [2.45, 2.75) is 6.42 Å². The Morgan fingerprint density at radius 2 is 1.48 bits per heavy atom. The third-order valence-electron chi connectivity index (χ3n) is 5.10. The molecule has 0 aliphatic rings. The average Bonchev–Trinajstić information content (AvgIpc) is 2.77. The molecule has 6 heteroatoms. The van der Waals surface area contributed by atoms with E-state index in [1.165, 1.54) is 0 Å². The van der Waals surface area contributed by atoms with Gasteiger partial charge in [0.15, 0.2) is 11.5 Å². The third-order valence-corrected chi connectivity index (χ3v) is 5.57. The minimum absolute atomic E-state index is 0.527. The predicted molar refractivity (Wildman–Crippen MR) is 126 cm³/mol. The van der Waals surface area contributed by atoms with E-state index in [9.17, 15) is 0 Å². The summed E-state index contributed by atoms with van der Waals surface area (Å²) in [4.78, 5) is 5.00. The standard InChI is InChI=1S/C25H21Cl2NO3/c1-29-23-14-22-20(24(30-2)25(23)31-3)13-19(16-7-5-9-18(27)12-16)21(28-22)11-15-6-4-8-17(26)10-15/h4-10,12-14H,11H2,1-3H3.